The molecule has 0 bridgehead atoms. The van der Waals surface area contributed by atoms with Gasteiger partial charge in [0.1, 0.15) is 18.0 Å². The molecule has 1 unspecified atom stereocenters. The number of benzene rings is 1. The van der Waals surface area contributed by atoms with Crippen LogP contribution in [0.4, 0.5) is 4.39 Å². The number of hydrogen-bond donors (Lipinski definition) is 2. The zero-order valence-corrected chi connectivity index (χ0v) is 12.8. The van der Waals surface area contributed by atoms with Crippen LogP contribution in [0.15, 0.2) is 24.5 Å². The molecule has 1 aromatic carbocycles. The molecule has 0 saturated carbocycles. The van der Waals surface area contributed by atoms with Crippen LogP contribution in [0.5, 0.6) is 0 Å². The molecule has 0 aliphatic carbocycles. The summed E-state index contributed by atoms with van der Waals surface area (Å²) < 4.78 is 15.4. The number of nitrogens with one attached hydrogen (secondary N) is 1. The van der Waals surface area contributed by atoms with Crippen molar-refractivity contribution in [2.45, 2.75) is 32.9 Å². The molecule has 0 saturated heterocycles. The highest BCUT2D eigenvalue weighted by molar-refractivity contribution is 6.30. The van der Waals surface area contributed by atoms with Crippen LogP contribution in [0.2, 0.25) is 5.02 Å². The molecule has 0 fully saturated rings. The van der Waals surface area contributed by atoms with E-state index in [1.165, 1.54) is 18.5 Å². The Bertz CT molecular complexity index is 599. The Morgan fingerprint density at radius 1 is 1.43 bits per heavy atom. The van der Waals surface area contributed by atoms with Gasteiger partial charge in [-0.15, -0.1) is 0 Å². The van der Waals surface area contributed by atoms with Gasteiger partial charge < -0.3 is 0 Å². The number of hydrazine groups is 1. The van der Waals surface area contributed by atoms with Gasteiger partial charge >= 0.3 is 0 Å². The van der Waals surface area contributed by atoms with Crippen molar-refractivity contribution < 1.29 is 4.39 Å². The smallest absolute Gasteiger partial charge is 0.142 e. The first kappa shape index (κ1) is 15.9. The normalized spacial score (nSPS) is 12.9. The molecule has 1 aromatic heterocycles. The zero-order valence-electron chi connectivity index (χ0n) is 12.1. The van der Waals surface area contributed by atoms with Crippen molar-refractivity contribution in [1.29, 1.82) is 0 Å². The SMILES string of the molecule is CC(C)Cn1ncnc1CC(NN)c1ccc(Cl)c(F)c1. The van der Waals surface area contributed by atoms with Gasteiger partial charge in [-0.25, -0.2) is 14.1 Å². The number of hydrogen-bond acceptors (Lipinski definition) is 4. The molecule has 0 aliphatic heterocycles. The second-order valence-electron chi connectivity index (χ2n) is 5.35. The first-order valence-corrected chi connectivity index (χ1v) is 7.16. The van der Waals surface area contributed by atoms with Crippen molar-refractivity contribution >= 4 is 11.6 Å². The molecule has 21 heavy (non-hydrogen) atoms. The van der Waals surface area contributed by atoms with E-state index in [4.69, 9.17) is 17.4 Å². The maximum atomic E-state index is 13.6. The average molecular weight is 312 g/mol. The molecular formula is C14H19ClFN5. The molecule has 3 N–H and O–H groups in total. The highest BCUT2D eigenvalue weighted by Gasteiger charge is 2.16. The fraction of sp³-hybridized carbons (Fsp3) is 0.429. The van der Waals surface area contributed by atoms with Crippen molar-refractivity contribution in [1.82, 2.24) is 20.2 Å². The van der Waals surface area contributed by atoms with Crippen LogP contribution in [0.1, 0.15) is 31.3 Å². The maximum absolute atomic E-state index is 13.6. The van der Waals surface area contributed by atoms with Crippen molar-refractivity contribution in [3.05, 3.63) is 46.8 Å². The van der Waals surface area contributed by atoms with E-state index in [0.29, 0.717) is 12.3 Å². The minimum Gasteiger partial charge on any atom is -0.271 e. The van der Waals surface area contributed by atoms with Gasteiger partial charge in [-0.1, -0.05) is 31.5 Å². The van der Waals surface area contributed by atoms with Crippen LogP contribution in [-0.2, 0) is 13.0 Å². The molecule has 2 rings (SSSR count). The number of nitrogens with two attached hydrogens (primary N) is 1. The Morgan fingerprint density at radius 3 is 2.81 bits per heavy atom. The van der Waals surface area contributed by atoms with Gasteiger partial charge in [-0.3, -0.25) is 11.3 Å². The van der Waals surface area contributed by atoms with Gasteiger partial charge in [0.05, 0.1) is 11.1 Å². The van der Waals surface area contributed by atoms with E-state index >= 15 is 0 Å². The number of rotatable bonds is 6. The van der Waals surface area contributed by atoms with Crippen molar-refractivity contribution in [3.63, 3.8) is 0 Å². The predicted octanol–water partition coefficient (Wildman–Crippen LogP) is 2.47. The minimum atomic E-state index is -0.460. The number of nitrogens with zero attached hydrogens (tertiary/aromatic N) is 3. The van der Waals surface area contributed by atoms with Crippen LogP contribution >= 0.6 is 11.6 Å². The van der Waals surface area contributed by atoms with Crippen molar-refractivity contribution in [2.24, 2.45) is 11.8 Å². The van der Waals surface area contributed by atoms with Gasteiger partial charge in [0.25, 0.3) is 0 Å². The minimum absolute atomic E-state index is 0.0949. The van der Waals surface area contributed by atoms with Gasteiger partial charge in [0.15, 0.2) is 0 Å². The van der Waals surface area contributed by atoms with E-state index in [1.807, 2.05) is 4.68 Å². The Balaban J connectivity index is 2.19. The van der Waals surface area contributed by atoms with E-state index in [9.17, 15) is 4.39 Å². The van der Waals surface area contributed by atoms with Gasteiger partial charge in [0.2, 0.25) is 0 Å². The molecule has 7 heteroatoms. The molecule has 0 spiro atoms. The molecule has 114 valence electrons. The average Bonchev–Trinajstić information content (AvgIpc) is 2.85. The molecule has 0 radical (unpaired) electrons. The van der Waals surface area contributed by atoms with Crippen LogP contribution in [0, 0.1) is 11.7 Å². The topological polar surface area (TPSA) is 68.8 Å². The van der Waals surface area contributed by atoms with E-state index in [2.05, 4.69) is 29.4 Å². The molecule has 1 heterocycles. The molecule has 0 amide bonds. The summed E-state index contributed by atoms with van der Waals surface area (Å²) in [6.07, 6.45) is 2.04. The van der Waals surface area contributed by atoms with Gasteiger partial charge in [0, 0.05) is 13.0 Å². The summed E-state index contributed by atoms with van der Waals surface area (Å²) in [7, 11) is 0. The quantitative estimate of drug-likeness (QED) is 0.635. The first-order valence-electron chi connectivity index (χ1n) is 6.79. The second-order valence-corrected chi connectivity index (χ2v) is 5.76. The van der Waals surface area contributed by atoms with Crippen LogP contribution < -0.4 is 11.3 Å². The first-order chi connectivity index (χ1) is 10.0. The summed E-state index contributed by atoms with van der Waals surface area (Å²) >= 11 is 5.70. The third-order valence-corrected chi connectivity index (χ3v) is 3.47. The molecule has 0 aliphatic rings. The lowest BCUT2D eigenvalue weighted by atomic mass is 10.0. The van der Waals surface area contributed by atoms with Crippen molar-refractivity contribution in [3.8, 4) is 0 Å². The van der Waals surface area contributed by atoms with Crippen molar-refractivity contribution in [2.75, 3.05) is 0 Å². The molecule has 1 atom stereocenters. The highest BCUT2D eigenvalue weighted by atomic mass is 35.5. The summed E-state index contributed by atoms with van der Waals surface area (Å²) in [4.78, 5) is 4.26. The third-order valence-electron chi connectivity index (χ3n) is 3.17. The van der Waals surface area contributed by atoms with Gasteiger partial charge in [-0.05, 0) is 23.6 Å². The standard InChI is InChI=1S/C14H19ClFN5/c1-9(2)7-21-14(18-8-19-21)6-13(20-17)10-3-4-11(15)12(16)5-10/h3-5,8-9,13,20H,6-7,17H2,1-2H3. The Labute approximate surface area is 128 Å². The molecule has 2 aromatic rings. The third kappa shape index (κ3) is 4.00. The summed E-state index contributed by atoms with van der Waals surface area (Å²) in [5, 5.41) is 4.31. The summed E-state index contributed by atoms with van der Waals surface area (Å²) in [6, 6.07) is 4.40. The summed E-state index contributed by atoms with van der Waals surface area (Å²) in [6.45, 7) is 5.00. The summed E-state index contributed by atoms with van der Waals surface area (Å²) in [5.41, 5.74) is 3.41. The lowest BCUT2D eigenvalue weighted by Gasteiger charge is -2.17. The van der Waals surface area contributed by atoms with E-state index in [1.54, 1.807) is 6.07 Å². The lowest BCUT2D eigenvalue weighted by molar-refractivity contribution is 0.446. The van der Waals surface area contributed by atoms with Crippen LogP contribution in [-0.4, -0.2) is 14.8 Å². The van der Waals surface area contributed by atoms with Crippen LogP contribution in [0.3, 0.4) is 0 Å². The second kappa shape index (κ2) is 6.98. The maximum Gasteiger partial charge on any atom is 0.142 e. The van der Waals surface area contributed by atoms with Gasteiger partial charge in [-0.2, -0.15) is 5.10 Å². The fourth-order valence-corrected chi connectivity index (χ4v) is 2.25. The number of halogens is 2. The molecule has 5 nitrogen and oxygen atoms in total. The monoisotopic (exact) mass is 311 g/mol. The molecular weight excluding hydrogens is 293 g/mol. The van der Waals surface area contributed by atoms with Crippen LogP contribution in [0.25, 0.3) is 0 Å². The Kier molecular flexibility index (Phi) is 5.27. The largest absolute Gasteiger partial charge is 0.271 e. The lowest BCUT2D eigenvalue weighted by Crippen LogP contribution is -2.30. The Morgan fingerprint density at radius 2 is 2.19 bits per heavy atom. The predicted molar refractivity (Wildman–Crippen MR) is 80.0 cm³/mol. The van der Waals surface area contributed by atoms with E-state index in [0.717, 1.165) is 17.9 Å². The summed E-state index contributed by atoms with van der Waals surface area (Å²) in [5.74, 6) is 6.41. The highest BCUT2D eigenvalue weighted by Crippen LogP contribution is 2.22. The Hall–Kier alpha value is -1.50. The fourth-order valence-electron chi connectivity index (χ4n) is 2.13. The van der Waals surface area contributed by atoms with E-state index in [-0.39, 0.29) is 11.1 Å². The zero-order chi connectivity index (χ0) is 15.4. The number of aromatic nitrogens is 3. The van der Waals surface area contributed by atoms with E-state index < -0.39 is 5.82 Å².